The normalized spacial score (nSPS) is 17.3. The third kappa shape index (κ3) is 5.09. The summed E-state index contributed by atoms with van der Waals surface area (Å²) in [4.78, 5) is 15.7. The number of amides is 1. The zero-order valence-corrected chi connectivity index (χ0v) is 18.7. The molecule has 166 valence electrons. The molecule has 3 aromatic carbocycles. The highest BCUT2D eigenvalue weighted by molar-refractivity contribution is 5.94. The van der Waals surface area contributed by atoms with Crippen LogP contribution in [0.25, 0.3) is 0 Å². The molecule has 2 atom stereocenters. The van der Waals surface area contributed by atoms with Crippen molar-refractivity contribution in [1.82, 2.24) is 10.2 Å². The van der Waals surface area contributed by atoms with Crippen LogP contribution in [0.3, 0.4) is 0 Å². The molecular formula is C28H32N2O2. The summed E-state index contributed by atoms with van der Waals surface area (Å²) in [6.45, 7) is 4.43. The molecule has 1 fully saturated rings. The van der Waals surface area contributed by atoms with Crippen molar-refractivity contribution in [3.63, 3.8) is 0 Å². The van der Waals surface area contributed by atoms with E-state index in [0.717, 1.165) is 30.6 Å². The third-order valence-corrected chi connectivity index (χ3v) is 6.34. The van der Waals surface area contributed by atoms with Crippen LogP contribution in [-0.2, 0) is 6.42 Å². The highest BCUT2D eigenvalue weighted by Crippen LogP contribution is 2.32. The number of carbonyl (C=O) groups is 1. The highest BCUT2D eigenvalue weighted by Gasteiger charge is 2.35. The van der Waals surface area contributed by atoms with Crippen molar-refractivity contribution >= 4 is 5.91 Å². The Morgan fingerprint density at radius 3 is 2.12 bits per heavy atom. The number of aliphatic hydroxyl groups is 1. The molecule has 1 aliphatic heterocycles. The average Bonchev–Trinajstić information content (AvgIpc) is 2.86. The lowest BCUT2D eigenvalue weighted by Crippen LogP contribution is -2.56. The zero-order chi connectivity index (χ0) is 22.3. The van der Waals surface area contributed by atoms with Gasteiger partial charge in [-0.3, -0.25) is 4.79 Å². The van der Waals surface area contributed by atoms with Gasteiger partial charge in [0.15, 0.2) is 0 Å². The number of benzene rings is 3. The Hall–Kier alpha value is -2.95. The van der Waals surface area contributed by atoms with Gasteiger partial charge in [0.25, 0.3) is 5.91 Å². The molecule has 0 aliphatic carbocycles. The summed E-state index contributed by atoms with van der Waals surface area (Å²) in [5.74, 6) is 0.389. The first-order valence-corrected chi connectivity index (χ1v) is 11.5. The van der Waals surface area contributed by atoms with E-state index in [1.165, 1.54) is 11.1 Å². The number of rotatable bonds is 7. The molecule has 1 heterocycles. The average molecular weight is 429 g/mol. The van der Waals surface area contributed by atoms with Gasteiger partial charge >= 0.3 is 0 Å². The topological polar surface area (TPSA) is 52.6 Å². The Morgan fingerprint density at radius 2 is 1.56 bits per heavy atom. The minimum Gasteiger partial charge on any atom is -0.396 e. The van der Waals surface area contributed by atoms with Crippen LogP contribution in [0.2, 0.25) is 0 Å². The van der Waals surface area contributed by atoms with Crippen molar-refractivity contribution in [2.24, 2.45) is 5.92 Å². The van der Waals surface area contributed by atoms with Crippen molar-refractivity contribution in [1.29, 1.82) is 0 Å². The van der Waals surface area contributed by atoms with Gasteiger partial charge in [0, 0.05) is 37.7 Å². The molecule has 2 N–H and O–H groups in total. The van der Waals surface area contributed by atoms with E-state index in [1.54, 1.807) is 0 Å². The van der Waals surface area contributed by atoms with Gasteiger partial charge in [-0.05, 0) is 41.2 Å². The van der Waals surface area contributed by atoms with Crippen molar-refractivity contribution in [2.45, 2.75) is 25.3 Å². The fourth-order valence-corrected chi connectivity index (χ4v) is 4.65. The molecule has 4 nitrogen and oxygen atoms in total. The van der Waals surface area contributed by atoms with Crippen molar-refractivity contribution in [3.05, 3.63) is 107 Å². The van der Waals surface area contributed by atoms with Gasteiger partial charge in [-0.15, -0.1) is 0 Å². The summed E-state index contributed by atoms with van der Waals surface area (Å²) in [6, 6.07) is 28.9. The van der Waals surface area contributed by atoms with Gasteiger partial charge < -0.3 is 15.3 Å². The third-order valence-electron chi connectivity index (χ3n) is 6.34. The number of nitrogens with zero attached hydrogens (tertiary/aromatic N) is 1. The van der Waals surface area contributed by atoms with E-state index in [2.05, 4.69) is 53.8 Å². The maximum Gasteiger partial charge on any atom is 0.254 e. The van der Waals surface area contributed by atoms with E-state index in [4.69, 9.17) is 0 Å². The summed E-state index contributed by atoms with van der Waals surface area (Å²) in [5.41, 5.74) is 4.31. The van der Waals surface area contributed by atoms with Crippen LogP contribution in [0.4, 0.5) is 0 Å². The highest BCUT2D eigenvalue weighted by atomic mass is 16.3. The summed E-state index contributed by atoms with van der Waals surface area (Å²) < 4.78 is 0. The number of hydrogen-bond acceptors (Lipinski definition) is 3. The van der Waals surface area contributed by atoms with Crippen LogP contribution in [0, 0.1) is 5.92 Å². The number of hydrogen-bond donors (Lipinski definition) is 2. The molecule has 32 heavy (non-hydrogen) atoms. The van der Waals surface area contributed by atoms with E-state index < -0.39 is 0 Å². The number of nitrogens with one attached hydrogen (secondary N) is 1. The number of piperazine rings is 1. The SMILES string of the molecule is CC(CO)Cc1ccc(C(=O)N2CCNCC2C(c2ccccc2)c2ccccc2)cc1. The molecule has 0 radical (unpaired) electrons. The monoisotopic (exact) mass is 428 g/mol. The molecule has 0 aromatic heterocycles. The molecule has 1 aliphatic rings. The van der Waals surface area contributed by atoms with E-state index in [0.29, 0.717) is 6.54 Å². The van der Waals surface area contributed by atoms with E-state index in [9.17, 15) is 9.90 Å². The Kier molecular flexibility index (Phi) is 7.35. The summed E-state index contributed by atoms with van der Waals surface area (Å²) >= 11 is 0. The molecule has 0 saturated carbocycles. The van der Waals surface area contributed by atoms with E-state index in [-0.39, 0.29) is 30.4 Å². The van der Waals surface area contributed by atoms with Crippen molar-refractivity contribution in [3.8, 4) is 0 Å². The molecular weight excluding hydrogens is 396 g/mol. The summed E-state index contributed by atoms with van der Waals surface area (Å²) in [5, 5.41) is 12.8. The second kappa shape index (κ2) is 10.6. The first kappa shape index (κ1) is 22.3. The summed E-state index contributed by atoms with van der Waals surface area (Å²) in [7, 11) is 0. The Morgan fingerprint density at radius 1 is 0.969 bits per heavy atom. The van der Waals surface area contributed by atoms with Crippen LogP contribution in [0.15, 0.2) is 84.9 Å². The molecule has 0 spiro atoms. The van der Waals surface area contributed by atoms with Crippen molar-refractivity contribution < 1.29 is 9.90 Å². The van der Waals surface area contributed by atoms with Crippen LogP contribution in [0.5, 0.6) is 0 Å². The van der Waals surface area contributed by atoms with Crippen LogP contribution >= 0.6 is 0 Å². The molecule has 1 amide bonds. The largest absolute Gasteiger partial charge is 0.396 e. The standard InChI is InChI=1S/C28H32N2O2/c1-21(20-31)18-22-12-14-25(15-13-22)28(32)30-17-16-29-19-26(30)27(23-8-4-2-5-9-23)24-10-6-3-7-11-24/h2-15,21,26-27,29,31H,16-20H2,1H3. The zero-order valence-electron chi connectivity index (χ0n) is 18.7. The number of carbonyl (C=O) groups excluding carboxylic acids is 1. The molecule has 4 heteroatoms. The minimum absolute atomic E-state index is 0.0233. The lowest BCUT2D eigenvalue weighted by Gasteiger charge is -2.41. The predicted molar refractivity (Wildman–Crippen MR) is 129 cm³/mol. The smallest absolute Gasteiger partial charge is 0.254 e. The van der Waals surface area contributed by atoms with Gasteiger partial charge in [-0.25, -0.2) is 0 Å². The lowest BCUT2D eigenvalue weighted by molar-refractivity contribution is 0.0615. The number of aliphatic hydroxyl groups excluding tert-OH is 1. The molecule has 1 saturated heterocycles. The Bertz CT molecular complexity index is 949. The second-order valence-corrected chi connectivity index (χ2v) is 8.76. The second-order valence-electron chi connectivity index (χ2n) is 8.76. The molecule has 4 rings (SSSR count). The Balaban J connectivity index is 1.63. The first-order chi connectivity index (χ1) is 15.7. The van der Waals surface area contributed by atoms with E-state index in [1.807, 2.05) is 48.2 Å². The maximum atomic E-state index is 13.6. The van der Waals surface area contributed by atoms with Crippen LogP contribution in [0.1, 0.15) is 39.9 Å². The van der Waals surface area contributed by atoms with Crippen molar-refractivity contribution in [2.75, 3.05) is 26.2 Å². The Labute approximate surface area is 190 Å². The van der Waals surface area contributed by atoms with Crippen LogP contribution < -0.4 is 5.32 Å². The maximum absolute atomic E-state index is 13.6. The van der Waals surface area contributed by atoms with Gasteiger partial charge in [-0.1, -0.05) is 79.7 Å². The summed E-state index contributed by atoms with van der Waals surface area (Å²) in [6.07, 6.45) is 0.811. The fraction of sp³-hybridized carbons (Fsp3) is 0.321. The molecule has 0 bridgehead atoms. The fourth-order valence-electron chi connectivity index (χ4n) is 4.65. The minimum atomic E-state index is 0.0233. The van der Waals surface area contributed by atoms with Gasteiger partial charge in [-0.2, -0.15) is 0 Å². The van der Waals surface area contributed by atoms with Gasteiger partial charge in [0.1, 0.15) is 0 Å². The predicted octanol–water partition coefficient (Wildman–Crippen LogP) is 4.10. The lowest BCUT2D eigenvalue weighted by atomic mass is 9.83. The van der Waals surface area contributed by atoms with Gasteiger partial charge in [0.2, 0.25) is 0 Å². The molecule has 2 unspecified atom stereocenters. The van der Waals surface area contributed by atoms with E-state index >= 15 is 0 Å². The molecule has 3 aromatic rings. The first-order valence-electron chi connectivity index (χ1n) is 11.5. The van der Waals surface area contributed by atoms with Crippen LogP contribution in [-0.4, -0.2) is 48.2 Å². The quantitative estimate of drug-likeness (QED) is 0.596. The van der Waals surface area contributed by atoms with Gasteiger partial charge in [0.05, 0.1) is 6.04 Å².